The Morgan fingerprint density at radius 3 is 2.85 bits per heavy atom. The molecular weight excluding hydrogens is 348 g/mol. The lowest BCUT2D eigenvalue weighted by molar-refractivity contribution is 0.102. The number of hydrogen-bond acceptors (Lipinski definition) is 6. The molecule has 0 radical (unpaired) electrons. The average Bonchev–Trinajstić information content (AvgIpc) is 3.27. The molecule has 0 spiro atoms. The van der Waals surface area contributed by atoms with Crippen molar-refractivity contribution < 1.29 is 9.32 Å². The van der Waals surface area contributed by atoms with Crippen molar-refractivity contribution >= 4 is 22.9 Å². The second-order valence-electron chi connectivity index (χ2n) is 6.32. The van der Waals surface area contributed by atoms with Crippen LogP contribution in [0.15, 0.2) is 40.4 Å². The van der Waals surface area contributed by atoms with Gasteiger partial charge in [0.05, 0.1) is 6.04 Å². The van der Waals surface area contributed by atoms with Crippen molar-refractivity contribution in [3.8, 4) is 0 Å². The van der Waals surface area contributed by atoms with Gasteiger partial charge in [-0.2, -0.15) is 0 Å². The molecule has 6 nitrogen and oxygen atoms in total. The summed E-state index contributed by atoms with van der Waals surface area (Å²) in [6.45, 7) is 6.44. The molecule has 0 fully saturated rings. The van der Waals surface area contributed by atoms with Gasteiger partial charge in [0, 0.05) is 23.7 Å². The first-order valence-corrected chi connectivity index (χ1v) is 9.26. The number of carbonyl (C=O) groups is 1. The van der Waals surface area contributed by atoms with Crippen molar-refractivity contribution in [2.45, 2.75) is 33.4 Å². The molecule has 1 N–H and O–H groups in total. The fraction of sp³-hybridized carbons (Fsp3) is 0.316. The summed E-state index contributed by atoms with van der Waals surface area (Å²) in [6.07, 6.45) is 1.82. The normalized spacial score (nSPS) is 12.3. The molecule has 0 bridgehead atoms. The standard InChI is InChI=1S/C19H22N4O2S/c1-12-17(14(3)25-22-12)21-18(24)16-7-5-6-15(10-16)11-23(4)13(2)19-20-8-9-26-19/h5-10,13H,11H2,1-4H3,(H,21,24)/t13-/m0/s1. The number of hydrogen-bond donors (Lipinski definition) is 1. The first kappa shape index (κ1) is 18.3. The predicted octanol–water partition coefficient (Wildman–Crippen LogP) is 4.19. The monoisotopic (exact) mass is 370 g/mol. The van der Waals surface area contributed by atoms with Gasteiger partial charge >= 0.3 is 0 Å². The molecule has 26 heavy (non-hydrogen) atoms. The fourth-order valence-electron chi connectivity index (χ4n) is 2.71. The summed E-state index contributed by atoms with van der Waals surface area (Å²) in [5.74, 6) is 0.431. The Morgan fingerprint density at radius 2 is 2.19 bits per heavy atom. The highest BCUT2D eigenvalue weighted by Gasteiger charge is 2.16. The third kappa shape index (κ3) is 4.00. The number of thiazole rings is 1. The number of carbonyl (C=O) groups excluding carboxylic acids is 1. The number of benzene rings is 1. The van der Waals surface area contributed by atoms with E-state index in [0.717, 1.165) is 17.1 Å². The Hall–Kier alpha value is -2.51. The second kappa shape index (κ2) is 7.80. The van der Waals surface area contributed by atoms with E-state index in [1.165, 1.54) is 0 Å². The van der Waals surface area contributed by atoms with Gasteiger partial charge in [-0.05, 0) is 45.5 Å². The smallest absolute Gasteiger partial charge is 0.255 e. The lowest BCUT2D eigenvalue weighted by Gasteiger charge is -2.23. The molecule has 0 aliphatic rings. The fourth-order valence-corrected chi connectivity index (χ4v) is 3.47. The SMILES string of the molecule is Cc1noc(C)c1NC(=O)c1cccc(CN(C)[C@@H](C)c2nccs2)c1. The van der Waals surface area contributed by atoms with Crippen LogP contribution in [0.1, 0.15) is 45.3 Å². The van der Waals surface area contributed by atoms with Crippen molar-refractivity contribution in [2.24, 2.45) is 0 Å². The number of aryl methyl sites for hydroxylation is 2. The summed E-state index contributed by atoms with van der Waals surface area (Å²) in [5.41, 5.74) is 2.99. The summed E-state index contributed by atoms with van der Waals surface area (Å²) in [6, 6.07) is 7.87. The van der Waals surface area contributed by atoms with Gasteiger partial charge in [-0.1, -0.05) is 17.3 Å². The van der Waals surface area contributed by atoms with Crippen LogP contribution in [-0.4, -0.2) is 28.0 Å². The number of amides is 1. The van der Waals surface area contributed by atoms with Crippen LogP contribution < -0.4 is 5.32 Å². The molecular formula is C19H22N4O2S. The minimum atomic E-state index is -0.170. The zero-order valence-corrected chi connectivity index (χ0v) is 16.1. The van der Waals surface area contributed by atoms with E-state index < -0.39 is 0 Å². The molecule has 3 rings (SSSR count). The molecule has 2 heterocycles. The molecule has 0 saturated heterocycles. The highest BCUT2D eigenvalue weighted by molar-refractivity contribution is 7.09. The van der Waals surface area contributed by atoms with E-state index in [-0.39, 0.29) is 11.9 Å². The number of aromatic nitrogens is 2. The zero-order chi connectivity index (χ0) is 18.7. The lowest BCUT2D eigenvalue weighted by Crippen LogP contribution is -2.22. The third-order valence-corrected chi connectivity index (χ3v) is 5.31. The molecule has 0 saturated carbocycles. The summed E-state index contributed by atoms with van der Waals surface area (Å²) in [7, 11) is 2.06. The van der Waals surface area contributed by atoms with Crippen LogP contribution in [0, 0.1) is 13.8 Å². The van der Waals surface area contributed by atoms with Gasteiger partial charge in [0.1, 0.15) is 16.4 Å². The molecule has 1 atom stereocenters. The van der Waals surface area contributed by atoms with Crippen LogP contribution in [0.25, 0.3) is 0 Å². The van der Waals surface area contributed by atoms with Crippen LogP contribution in [0.2, 0.25) is 0 Å². The molecule has 0 aliphatic carbocycles. The largest absolute Gasteiger partial charge is 0.359 e. The molecule has 0 aliphatic heterocycles. The number of anilines is 1. The minimum absolute atomic E-state index is 0.170. The van der Waals surface area contributed by atoms with E-state index in [9.17, 15) is 4.79 Å². The van der Waals surface area contributed by atoms with E-state index >= 15 is 0 Å². The molecule has 1 aromatic carbocycles. The number of nitrogens with one attached hydrogen (secondary N) is 1. The highest BCUT2D eigenvalue weighted by Crippen LogP contribution is 2.23. The molecule has 7 heteroatoms. The average molecular weight is 370 g/mol. The van der Waals surface area contributed by atoms with Crippen molar-refractivity contribution in [1.29, 1.82) is 0 Å². The Morgan fingerprint density at radius 1 is 1.38 bits per heavy atom. The van der Waals surface area contributed by atoms with Gasteiger partial charge < -0.3 is 9.84 Å². The maximum atomic E-state index is 12.6. The Balaban J connectivity index is 1.70. The Bertz CT molecular complexity index is 869. The van der Waals surface area contributed by atoms with Crippen molar-refractivity contribution in [1.82, 2.24) is 15.0 Å². The van der Waals surface area contributed by atoms with Gasteiger partial charge in [0.25, 0.3) is 5.91 Å². The van der Waals surface area contributed by atoms with Crippen molar-refractivity contribution in [3.05, 3.63) is 63.4 Å². The van der Waals surface area contributed by atoms with Gasteiger partial charge in [-0.3, -0.25) is 9.69 Å². The maximum absolute atomic E-state index is 12.6. The van der Waals surface area contributed by atoms with Crippen LogP contribution in [0.5, 0.6) is 0 Å². The Kier molecular flexibility index (Phi) is 5.49. The van der Waals surface area contributed by atoms with Crippen LogP contribution >= 0.6 is 11.3 Å². The summed E-state index contributed by atoms with van der Waals surface area (Å²) >= 11 is 1.65. The molecule has 136 valence electrons. The van der Waals surface area contributed by atoms with Gasteiger partial charge in [-0.15, -0.1) is 11.3 Å². The van der Waals surface area contributed by atoms with Gasteiger partial charge in [-0.25, -0.2) is 4.98 Å². The molecule has 0 unspecified atom stereocenters. The van der Waals surface area contributed by atoms with Crippen LogP contribution in [-0.2, 0) is 6.54 Å². The van der Waals surface area contributed by atoms with Crippen molar-refractivity contribution in [3.63, 3.8) is 0 Å². The van der Waals surface area contributed by atoms with E-state index in [1.807, 2.05) is 29.8 Å². The number of nitrogens with zero attached hydrogens (tertiary/aromatic N) is 3. The van der Waals surface area contributed by atoms with E-state index in [0.29, 0.717) is 22.7 Å². The molecule has 3 aromatic rings. The van der Waals surface area contributed by atoms with E-state index in [1.54, 1.807) is 31.3 Å². The molecule has 2 aromatic heterocycles. The third-order valence-electron chi connectivity index (χ3n) is 4.36. The first-order valence-electron chi connectivity index (χ1n) is 8.38. The van der Waals surface area contributed by atoms with E-state index in [2.05, 4.69) is 34.3 Å². The Labute approximate surface area is 156 Å². The summed E-state index contributed by atoms with van der Waals surface area (Å²) in [5, 5.41) is 9.81. The van der Waals surface area contributed by atoms with Crippen LogP contribution in [0.3, 0.4) is 0 Å². The number of rotatable bonds is 6. The zero-order valence-electron chi connectivity index (χ0n) is 15.3. The summed E-state index contributed by atoms with van der Waals surface area (Å²) < 4.78 is 5.09. The van der Waals surface area contributed by atoms with Gasteiger partial charge in [0.2, 0.25) is 0 Å². The minimum Gasteiger partial charge on any atom is -0.359 e. The van der Waals surface area contributed by atoms with Crippen molar-refractivity contribution in [2.75, 3.05) is 12.4 Å². The van der Waals surface area contributed by atoms with Crippen LogP contribution in [0.4, 0.5) is 5.69 Å². The highest BCUT2D eigenvalue weighted by atomic mass is 32.1. The van der Waals surface area contributed by atoms with Gasteiger partial charge in [0.15, 0.2) is 5.76 Å². The lowest BCUT2D eigenvalue weighted by atomic mass is 10.1. The maximum Gasteiger partial charge on any atom is 0.255 e. The second-order valence-corrected chi connectivity index (χ2v) is 7.24. The summed E-state index contributed by atoms with van der Waals surface area (Å²) in [4.78, 5) is 19.2. The quantitative estimate of drug-likeness (QED) is 0.704. The topological polar surface area (TPSA) is 71.3 Å². The predicted molar refractivity (Wildman–Crippen MR) is 102 cm³/mol. The van der Waals surface area contributed by atoms with E-state index in [4.69, 9.17) is 4.52 Å². The molecule has 1 amide bonds. The first-order chi connectivity index (χ1) is 12.5.